The molecule has 0 atom stereocenters. The van der Waals surface area contributed by atoms with Crippen LogP contribution in [0.3, 0.4) is 0 Å². The van der Waals surface area contributed by atoms with E-state index >= 15 is 0 Å². The lowest BCUT2D eigenvalue weighted by molar-refractivity contribution is -0.0311. The number of rotatable bonds is 6. The Morgan fingerprint density at radius 3 is 2.65 bits per heavy atom. The van der Waals surface area contributed by atoms with Gasteiger partial charge < -0.3 is 14.7 Å². The van der Waals surface area contributed by atoms with Crippen LogP contribution in [0.1, 0.15) is 43.5 Å². The van der Waals surface area contributed by atoms with Crippen LogP contribution in [0.5, 0.6) is 0 Å². The zero-order valence-corrected chi connectivity index (χ0v) is 19.2. The van der Waals surface area contributed by atoms with Crippen molar-refractivity contribution in [2.75, 3.05) is 17.8 Å². The third-order valence-corrected chi connectivity index (χ3v) is 7.51. The zero-order valence-electron chi connectivity index (χ0n) is 17.6. The number of carbonyl (C=O) groups is 1. The number of hydrogen-bond donors (Lipinski definition) is 2. The summed E-state index contributed by atoms with van der Waals surface area (Å²) in [5.41, 5.74) is 3.22. The molecule has 5 nitrogen and oxygen atoms in total. The highest BCUT2D eigenvalue weighted by atomic mass is 32.2. The number of likely N-dealkylation sites (tertiary alicyclic amines) is 1. The van der Waals surface area contributed by atoms with Gasteiger partial charge in [0.15, 0.2) is 0 Å². The van der Waals surface area contributed by atoms with E-state index in [0.717, 1.165) is 22.3 Å². The van der Waals surface area contributed by atoms with Gasteiger partial charge in [-0.1, -0.05) is 13.8 Å². The molecule has 1 aliphatic rings. The standard InChI is InChI=1S/C23H26FN3O2S2/c1-15(2)13-23(29)9-11-27(12-10-23)22(28)16-3-5-17(6-4-16)26-31-20-18(24)7-8-19-21(20)30-14-25-19/h3-8,14-15,26,29H,9-13H2,1-2H3. The van der Waals surface area contributed by atoms with Gasteiger partial charge in [0.25, 0.3) is 5.91 Å². The first-order valence-electron chi connectivity index (χ1n) is 10.4. The number of benzene rings is 2. The lowest BCUT2D eigenvalue weighted by Crippen LogP contribution is -2.47. The number of aromatic nitrogens is 1. The first-order chi connectivity index (χ1) is 14.8. The lowest BCUT2D eigenvalue weighted by Gasteiger charge is -2.39. The second-order valence-electron chi connectivity index (χ2n) is 8.47. The molecule has 1 saturated heterocycles. The molecule has 2 aromatic carbocycles. The highest BCUT2D eigenvalue weighted by Gasteiger charge is 2.34. The van der Waals surface area contributed by atoms with Crippen molar-refractivity contribution in [2.24, 2.45) is 5.92 Å². The van der Waals surface area contributed by atoms with Crippen molar-refractivity contribution < 1.29 is 14.3 Å². The van der Waals surface area contributed by atoms with Crippen LogP contribution in [-0.2, 0) is 0 Å². The quantitative estimate of drug-likeness (QED) is 0.472. The van der Waals surface area contributed by atoms with Gasteiger partial charge in [0.05, 0.1) is 26.2 Å². The molecule has 0 saturated carbocycles. The SMILES string of the molecule is CC(C)CC1(O)CCN(C(=O)c2ccc(NSc3c(F)ccc4ncsc34)cc2)CC1. The Morgan fingerprint density at radius 1 is 1.26 bits per heavy atom. The topological polar surface area (TPSA) is 65.5 Å². The molecule has 0 radical (unpaired) electrons. The van der Waals surface area contributed by atoms with E-state index in [-0.39, 0.29) is 11.7 Å². The molecule has 1 amide bonds. The van der Waals surface area contributed by atoms with Crippen molar-refractivity contribution >= 4 is 45.1 Å². The number of fused-ring (bicyclic) bond motifs is 1. The molecule has 4 rings (SSSR count). The number of nitrogens with zero attached hydrogens (tertiary/aromatic N) is 2. The molecule has 2 heterocycles. The number of halogens is 1. The highest BCUT2D eigenvalue weighted by Crippen LogP contribution is 2.34. The van der Waals surface area contributed by atoms with Crippen molar-refractivity contribution in [1.82, 2.24) is 9.88 Å². The van der Waals surface area contributed by atoms with Crippen molar-refractivity contribution in [2.45, 2.75) is 43.6 Å². The normalized spacial score (nSPS) is 16.1. The van der Waals surface area contributed by atoms with E-state index in [4.69, 9.17) is 0 Å². The number of thiazole rings is 1. The van der Waals surface area contributed by atoms with E-state index in [2.05, 4.69) is 23.6 Å². The number of anilines is 1. The van der Waals surface area contributed by atoms with E-state index < -0.39 is 5.60 Å². The zero-order chi connectivity index (χ0) is 22.0. The fourth-order valence-corrected chi connectivity index (χ4v) is 5.74. The minimum atomic E-state index is -0.661. The first kappa shape index (κ1) is 22.0. The smallest absolute Gasteiger partial charge is 0.253 e. The van der Waals surface area contributed by atoms with Gasteiger partial charge in [-0.15, -0.1) is 11.3 Å². The predicted octanol–water partition coefficient (Wildman–Crippen LogP) is 5.57. The van der Waals surface area contributed by atoms with E-state index in [1.807, 2.05) is 17.0 Å². The van der Waals surface area contributed by atoms with Gasteiger partial charge in [0.2, 0.25) is 0 Å². The summed E-state index contributed by atoms with van der Waals surface area (Å²) in [5.74, 6) is 0.122. The van der Waals surface area contributed by atoms with E-state index in [0.29, 0.717) is 42.3 Å². The average molecular weight is 460 g/mol. The minimum Gasteiger partial charge on any atom is -0.390 e. The summed E-state index contributed by atoms with van der Waals surface area (Å²) >= 11 is 2.61. The summed E-state index contributed by atoms with van der Waals surface area (Å²) in [5, 5.41) is 10.7. The Kier molecular flexibility index (Phi) is 6.50. The third kappa shape index (κ3) is 5.02. The molecule has 1 aromatic heterocycles. The monoisotopic (exact) mass is 459 g/mol. The molecule has 0 bridgehead atoms. The summed E-state index contributed by atoms with van der Waals surface area (Å²) in [4.78, 5) is 19.4. The summed E-state index contributed by atoms with van der Waals surface area (Å²) < 4.78 is 18.2. The molecular weight excluding hydrogens is 433 g/mol. The Balaban J connectivity index is 1.37. The van der Waals surface area contributed by atoms with Gasteiger partial charge in [-0.3, -0.25) is 4.79 Å². The van der Waals surface area contributed by atoms with E-state index in [9.17, 15) is 14.3 Å². The van der Waals surface area contributed by atoms with Gasteiger partial charge in [-0.2, -0.15) is 0 Å². The van der Waals surface area contributed by atoms with Gasteiger partial charge in [0, 0.05) is 24.3 Å². The molecular formula is C23H26FN3O2S2. The van der Waals surface area contributed by atoms with Crippen molar-refractivity contribution in [3.05, 3.63) is 53.3 Å². The summed E-state index contributed by atoms with van der Waals surface area (Å²) in [6.45, 7) is 5.34. The molecule has 0 spiro atoms. The Labute approximate surface area is 189 Å². The molecule has 0 aliphatic carbocycles. The third-order valence-electron chi connectivity index (χ3n) is 5.58. The van der Waals surface area contributed by atoms with Crippen molar-refractivity contribution in [1.29, 1.82) is 0 Å². The summed E-state index contributed by atoms with van der Waals surface area (Å²) in [6, 6.07) is 10.3. The van der Waals surface area contributed by atoms with Crippen molar-refractivity contribution in [3.63, 3.8) is 0 Å². The molecule has 2 N–H and O–H groups in total. The fraction of sp³-hybridized carbons (Fsp3) is 0.391. The molecule has 8 heteroatoms. The van der Waals surface area contributed by atoms with Crippen LogP contribution >= 0.6 is 23.3 Å². The fourth-order valence-electron chi connectivity index (χ4n) is 4.04. The van der Waals surface area contributed by atoms with Crippen LogP contribution in [0.15, 0.2) is 46.8 Å². The molecule has 31 heavy (non-hydrogen) atoms. The number of hydrogen-bond acceptors (Lipinski definition) is 6. The largest absolute Gasteiger partial charge is 0.390 e. The van der Waals surface area contributed by atoms with Crippen LogP contribution in [0.4, 0.5) is 10.1 Å². The maximum Gasteiger partial charge on any atom is 0.253 e. The van der Waals surface area contributed by atoms with Crippen LogP contribution in [0.2, 0.25) is 0 Å². The Bertz CT molecular complexity index is 1060. The van der Waals surface area contributed by atoms with Crippen LogP contribution in [0.25, 0.3) is 10.2 Å². The van der Waals surface area contributed by atoms with E-state index in [1.165, 1.54) is 29.4 Å². The van der Waals surface area contributed by atoms with Crippen LogP contribution in [0, 0.1) is 11.7 Å². The molecule has 0 unspecified atom stereocenters. The second kappa shape index (κ2) is 9.14. The minimum absolute atomic E-state index is 0.0220. The first-order valence-corrected chi connectivity index (χ1v) is 12.1. The number of carbonyl (C=O) groups excluding carboxylic acids is 1. The number of amides is 1. The molecule has 3 aromatic rings. The number of piperidine rings is 1. The highest BCUT2D eigenvalue weighted by molar-refractivity contribution is 8.01. The average Bonchev–Trinajstić information content (AvgIpc) is 3.22. The maximum atomic E-state index is 14.3. The summed E-state index contributed by atoms with van der Waals surface area (Å²) in [7, 11) is 0. The second-order valence-corrected chi connectivity index (χ2v) is 10.1. The van der Waals surface area contributed by atoms with Gasteiger partial charge in [-0.25, -0.2) is 9.37 Å². The van der Waals surface area contributed by atoms with Crippen LogP contribution < -0.4 is 4.72 Å². The predicted molar refractivity (Wildman–Crippen MR) is 125 cm³/mol. The Morgan fingerprint density at radius 2 is 1.97 bits per heavy atom. The van der Waals surface area contributed by atoms with Gasteiger partial charge in [0.1, 0.15) is 5.82 Å². The molecule has 1 fully saturated rings. The summed E-state index contributed by atoms with van der Waals surface area (Å²) in [6.07, 6.45) is 1.99. The van der Waals surface area contributed by atoms with Gasteiger partial charge >= 0.3 is 0 Å². The van der Waals surface area contributed by atoms with E-state index in [1.54, 1.807) is 23.7 Å². The Hall–Kier alpha value is -2.16. The molecule has 164 valence electrons. The lowest BCUT2D eigenvalue weighted by atomic mass is 9.84. The maximum absolute atomic E-state index is 14.3. The van der Waals surface area contributed by atoms with Crippen molar-refractivity contribution in [3.8, 4) is 0 Å². The van der Waals surface area contributed by atoms with Gasteiger partial charge in [-0.05, 0) is 73.5 Å². The number of aliphatic hydroxyl groups is 1. The molecule has 1 aliphatic heterocycles. The number of nitrogens with one attached hydrogen (secondary N) is 1. The van der Waals surface area contributed by atoms with Crippen LogP contribution in [-0.4, -0.2) is 39.6 Å².